The van der Waals surface area contributed by atoms with Gasteiger partial charge in [-0.2, -0.15) is 0 Å². The highest BCUT2D eigenvalue weighted by Gasteiger charge is 2.43. The molecule has 0 aliphatic rings. The third-order valence-electron chi connectivity index (χ3n) is 7.20. The summed E-state index contributed by atoms with van der Waals surface area (Å²) >= 11 is 0. The zero-order valence-corrected chi connectivity index (χ0v) is 23.1. The number of hydrogen-bond donors (Lipinski definition) is 0. The maximum atomic E-state index is 2.41. The Balaban J connectivity index is 1.74. The molecule has 0 fully saturated rings. The van der Waals surface area contributed by atoms with Crippen LogP contribution in [0.3, 0.4) is 0 Å². The number of rotatable bonds is 7. The molecule has 0 spiro atoms. The van der Waals surface area contributed by atoms with E-state index in [0.717, 1.165) is 0 Å². The zero-order chi connectivity index (χ0) is 25.6. The molecule has 0 atom stereocenters. The number of benzene rings is 6. The summed E-state index contributed by atoms with van der Waals surface area (Å²) in [7, 11) is -3.42. The van der Waals surface area contributed by atoms with E-state index in [0.29, 0.717) is 0 Å². The van der Waals surface area contributed by atoms with Crippen molar-refractivity contribution in [1.29, 1.82) is 0 Å². The molecule has 6 aromatic rings. The molecule has 182 valence electrons. The van der Waals surface area contributed by atoms with Crippen LogP contribution in [0.5, 0.6) is 0 Å². The minimum atomic E-state index is -2.66. The van der Waals surface area contributed by atoms with Gasteiger partial charge in [-0.3, -0.25) is 0 Å². The van der Waals surface area contributed by atoms with E-state index in [1.165, 1.54) is 36.7 Å². The number of hydrogen-bond acceptors (Lipinski definition) is 0. The van der Waals surface area contributed by atoms with Crippen LogP contribution in [0.2, 0.25) is 0 Å². The van der Waals surface area contributed by atoms with Crippen molar-refractivity contribution < 1.29 is 0 Å². The average molecular weight is 521 g/mol. The Labute approximate surface area is 228 Å². The van der Waals surface area contributed by atoms with E-state index in [4.69, 9.17) is 0 Å². The van der Waals surface area contributed by atoms with Crippen molar-refractivity contribution >= 4 is 52.7 Å². The van der Waals surface area contributed by atoms with Crippen LogP contribution < -0.4 is 36.7 Å². The lowest BCUT2D eigenvalue weighted by Crippen LogP contribution is -2.77. The molecule has 0 amide bonds. The van der Waals surface area contributed by atoms with Crippen molar-refractivity contribution in [1.82, 2.24) is 0 Å². The van der Waals surface area contributed by atoms with Crippen molar-refractivity contribution in [3.05, 3.63) is 176 Å². The van der Waals surface area contributed by atoms with Crippen molar-refractivity contribution in [2.45, 2.75) is 0 Å². The van der Waals surface area contributed by atoms with E-state index in [1.54, 1.807) is 0 Å². The maximum absolute atomic E-state index is 2.66. The lowest BCUT2D eigenvalue weighted by molar-refractivity contribution is 1.67. The molecule has 2 heteroatoms. The quantitative estimate of drug-likeness (QED) is 0.161. The Morgan fingerprint density at radius 3 is 1.03 bits per heavy atom. The van der Waals surface area contributed by atoms with Crippen LogP contribution in [0.15, 0.2) is 176 Å². The zero-order valence-electron chi connectivity index (χ0n) is 21.2. The van der Waals surface area contributed by atoms with Crippen LogP contribution in [0.4, 0.5) is 0 Å². The van der Waals surface area contributed by atoms with Crippen LogP contribution in [-0.2, 0) is 0 Å². The molecule has 6 rings (SSSR count). The van der Waals surface area contributed by atoms with Gasteiger partial charge in [-0.15, -0.1) is 0 Å². The molecule has 0 saturated carbocycles. The van der Waals surface area contributed by atoms with Gasteiger partial charge in [-0.25, -0.2) is 0 Å². The van der Waals surface area contributed by atoms with E-state index < -0.39 is 16.0 Å². The summed E-state index contributed by atoms with van der Waals surface area (Å²) in [5, 5.41) is 9.85. The lowest BCUT2D eigenvalue weighted by Gasteiger charge is -2.37. The highest BCUT2D eigenvalue weighted by molar-refractivity contribution is 7.80. The second-order valence-electron chi connectivity index (χ2n) is 9.37. The smallest absolute Gasteiger partial charge is 0.0623 e. The van der Waals surface area contributed by atoms with Crippen LogP contribution in [0.1, 0.15) is 0 Å². The molecule has 0 nitrogen and oxygen atoms in total. The molecule has 0 saturated heterocycles. The SMILES string of the molecule is c1ccc(P(c2ccccc2)c2ccccc2[Si](c2ccccc2)(c2ccccc2)c2ccccc2)cc1. The minimum absolute atomic E-state index is 0.767. The second kappa shape index (κ2) is 11.2. The summed E-state index contributed by atoms with van der Waals surface area (Å²) in [6.45, 7) is 0. The van der Waals surface area contributed by atoms with Gasteiger partial charge in [-0.1, -0.05) is 176 Å². The van der Waals surface area contributed by atoms with Gasteiger partial charge >= 0.3 is 0 Å². The van der Waals surface area contributed by atoms with Crippen LogP contribution in [0, 0.1) is 0 Å². The first kappa shape index (κ1) is 24.3. The Morgan fingerprint density at radius 1 is 0.316 bits per heavy atom. The van der Waals surface area contributed by atoms with Crippen molar-refractivity contribution in [3.8, 4) is 0 Å². The van der Waals surface area contributed by atoms with Gasteiger partial charge in [-0.05, 0) is 44.6 Å². The van der Waals surface area contributed by atoms with E-state index in [9.17, 15) is 0 Å². The second-order valence-corrected chi connectivity index (χ2v) is 15.3. The highest BCUT2D eigenvalue weighted by atomic mass is 31.1. The third kappa shape index (κ3) is 4.45. The Morgan fingerprint density at radius 2 is 0.632 bits per heavy atom. The fourth-order valence-electron chi connectivity index (χ4n) is 5.60. The van der Waals surface area contributed by atoms with Gasteiger partial charge in [0.25, 0.3) is 0 Å². The Hall–Kier alpha value is -4.03. The molecule has 6 aromatic carbocycles. The largest absolute Gasteiger partial charge is 0.180 e. The normalized spacial score (nSPS) is 11.4. The fraction of sp³-hybridized carbons (Fsp3) is 0. The first-order chi connectivity index (χ1) is 18.9. The average Bonchev–Trinajstić information content (AvgIpc) is 3.01. The van der Waals surface area contributed by atoms with Gasteiger partial charge in [0.1, 0.15) is 0 Å². The summed E-state index contributed by atoms with van der Waals surface area (Å²) in [5.74, 6) is 0. The van der Waals surface area contributed by atoms with Gasteiger partial charge < -0.3 is 0 Å². The summed E-state index contributed by atoms with van der Waals surface area (Å²) in [5.41, 5.74) is 0. The summed E-state index contributed by atoms with van der Waals surface area (Å²) in [6, 6.07) is 65.0. The Bertz CT molecular complexity index is 1450. The predicted octanol–water partition coefficient (Wildman–Crippen LogP) is 4.82. The van der Waals surface area contributed by atoms with Crippen LogP contribution in [-0.4, -0.2) is 8.07 Å². The van der Waals surface area contributed by atoms with E-state index in [-0.39, 0.29) is 0 Å². The molecule has 0 N–H and O–H groups in total. The molecule has 0 aliphatic carbocycles. The summed E-state index contributed by atoms with van der Waals surface area (Å²) in [6.07, 6.45) is 0. The van der Waals surface area contributed by atoms with Gasteiger partial charge in [0.15, 0.2) is 8.07 Å². The van der Waals surface area contributed by atoms with Crippen molar-refractivity contribution in [3.63, 3.8) is 0 Å². The molecule has 0 aliphatic heterocycles. The molecule has 0 heterocycles. The van der Waals surface area contributed by atoms with Crippen molar-refractivity contribution in [2.75, 3.05) is 0 Å². The predicted molar refractivity (Wildman–Crippen MR) is 169 cm³/mol. The lowest BCUT2D eigenvalue weighted by atomic mass is 10.3. The summed E-state index contributed by atoms with van der Waals surface area (Å²) in [4.78, 5) is 0. The van der Waals surface area contributed by atoms with E-state index in [1.807, 2.05) is 0 Å². The first-order valence-electron chi connectivity index (χ1n) is 13.1. The van der Waals surface area contributed by atoms with Gasteiger partial charge in [0.2, 0.25) is 0 Å². The standard InChI is InChI=1S/C36H29PSi/c1-6-18-30(19-7-1)37(31-20-8-2-9-21-31)35-28-16-17-29-36(35)38(32-22-10-3-11-23-32,33-24-12-4-13-25-33)34-26-14-5-15-27-34/h1-29H. The molecular weight excluding hydrogens is 491 g/mol. The van der Waals surface area contributed by atoms with Crippen LogP contribution in [0.25, 0.3) is 0 Å². The molecule has 0 unspecified atom stereocenters. The van der Waals surface area contributed by atoms with E-state index >= 15 is 0 Å². The first-order valence-corrected chi connectivity index (χ1v) is 16.4. The molecule has 0 bridgehead atoms. The minimum Gasteiger partial charge on any atom is -0.0623 e. The van der Waals surface area contributed by atoms with Gasteiger partial charge in [0.05, 0.1) is 0 Å². The maximum Gasteiger partial charge on any atom is 0.180 e. The third-order valence-corrected chi connectivity index (χ3v) is 14.8. The highest BCUT2D eigenvalue weighted by Crippen LogP contribution is 2.32. The molecule has 0 aromatic heterocycles. The van der Waals surface area contributed by atoms with Crippen molar-refractivity contribution in [2.24, 2.45) is 0 Å². The van der Waals surface area contributed by atoms with Crippen LogP contribution >= 0.6 is 7.92 Å². The van der Waals surface area contributed by atoms with E-state index in [2.05, 4.69) is 176 Å². The fourth-order valence-corrected chi connectivity index (χ4v) is 13.6. The monoisotopic (exact) mass is 520 g/mol. The summed E-state index contributed by atoms with van der Waals surface area (Å²) < 4.78 is 0. The Kier molecular flexibility index (Phi) is 7.13. The molecule has 38 heavy (non-hydrogen) atoms. The topological polar surface area (TPSA) is 0 Å². The molecular formula is C36H29PSi. The molecule has 0 radical (unpaired) electrons. The van der Waals surface area contributed by atoms with Gasteiger partial charge in [0, 0.05) is 0 Å².